The van der Waals surface area contributed by atoms with E-state index in [0.29, 0.717) is 70.9 Å². The van der Waals surface area contributed by atoms with E-state index < -0.39 is 19.5 Å². The van der Waals surface area contributed by atoms with Crippen molar-refractivity contribution in [2.45, 2.75) is 122 Å². The van der Waals surface area contributed by atoms with Crippen molar-refractivity contribution < 1.29 is 33.2 Å². The summed E-state index contributed by atoms with van der Waals surface area (Å²) in [5, 5.41) is 11.8. The summed E-state index contributed by atoms with van der Waals surface area (Å²) in [4.78, 5) is 29.5. The van der Waals surface area contributed by atoms with E-state index in [1.807, 2.05) is 75.2 Å². The Kier molecular flexibility index (Phi) is 13.7. The van der Waals surface area contributed by atoms with Gasteiger partial charge in [0.2, 0.25) is 0 Å². The quantitative estimate of drug-likeness (QED) is 0.0704. The number of rotatable bonds is 15. The highest BCUT2D eigenvalue weighted by atomic mass is 28.3. The summed E-state index contributed by atoms with van der Waals surface area (Å²) >= 11 is 0. The lowest BCUT2D eigenvalue weighted by atomic mass is 9.93. The molecule has 0 radical (unpaired) electrons. The van der Waals surface area contributed by atoms with Gasteiger partial charge < -0.3 is 33.9 Å². The fraction of sp³-hybridized carbons (Fsp3) is 0.580. The molecular formula is C50H68FN5O6Si. The van der Waals surface area contributed by atoms with Crippen molar-refractivity contribution in [2.24, 2.45) is 5.41 Å². The van der Waals surface area contributed by atoms with Crippen LogP contribution in [0.15, 0.2) is 42.5 Å². The Balaban J connectivity index is 1.37. The van der Waals surface area contributed by atoms with Crippen molar-refractivity contribution in [1.29, 1.82) is 0 Å². The average Bonchev–Trinajstić information content (AvgIpc) is 3.92. The summed E-state index contributed by atoms with van der Waals surface area (Å²) in [6, 6.07) is 13.6. The molecule has 3 fully saturated rings. The van der Waals surface area contributed by atoms with Gasteiger partial charge in [-0.15, -0.1) is 5.54 Å². The van der Waals surface area contributed by atoms with Gasteiger partial charge in [-0.3, -0.25) is 4.90 Å². The van der Waals surface area contributed by atoms with Gasteiger partial charge >= 0.3 is 12.1 Å². The lowest BCUT2D eigenvalue weighted by Gasteiger charge is -2.42. The normalized spacial score (nSPS) is 18.5. The topological polar surface area (TPSA) is 110 Å². The van der Waals surface area contributed by atoms with Crippen LogP contribution < -0.4 is 14.4 Å². The van der Waals surface area contributed by atoms with Gasteiger partial charge in [0.05, 0.1) is 25.3 Å². The molecule has 2 bridgehead atoms. The molecule has 63 heavy (non-hydrogen) atoms. The van der Waals surface area contributed by atoms with Crippen LogP contribution in [0.3, 0.4) is 0 Å². The third-order valence-corrected chi connectivity index (χ3v) is 19.9. The largest absolute Gasteiger partial charge is 0.468 e. The van der Waals surface area contributed by atoms with E-state index in [0.717, 1.165) is 48.6 Å². The van der Waals surface area contributed by atoms with Crippen molar-refractivity contribution in [3.63, 3.8) is 0 Å². The van der Waals surface area contributed by atoms with Gasteiger partial charge in [-0.05, 0) is 105 Å². The molecule has 4 aromatic rings. The number of halogens is 1. The first-order valence-electron chi connectivity index (χ1n) is 22.8. The SMILES string of the molecule is COCOc1cc(-c2ccc3c(N4CC5CCC(C4)N5C(=O)OC(C)(C)C)nc(OCC4(CN(C)CCO)CC4)nc3c2F)c2c(C#C[Si](C(C)C)(C(C)C)C(C)C)cccc2c1. The number of carbonyl (C=O) groups is 1. The summed E-state index contributed by atoms with van der Waals surface area (Å²) in [6.45, 7) is 22.3. The number of likely N-dealkylation sites (N-methyl/N-ethyl adjacent to an activating group) is 1. The second-order valence-electron chi connectivity index (χ2n) is 20.2. The molecule has 2 atom stereocenters. The number of anilines is 1. The van der Waals surface area contributed by atoms with E-state index in [4.69, 9.17) is 28.9 Å². The predicted octanol–water partition coefficient (Wildman–Crippen LogP) is 9.81. The van der Waals surface area contributed by atoms with Crippen LogP contribution in [0.5, 0.6) is 11.8 Å². The Morgan fingerprint density at radius 2 is 1.67 bits per heavy atom. The number of nitrogens with zero attached hydrogens (tertiary/aromatic N) is 5. The number of aromatic nitrogens is 2. The Morgan fingerprint density at radius 1 is 0.984 bits per heavy atom. The maximum atomic E-state index is 17.9. The minimum atomic E-state index is -2.11. The first kappa shape index (κ1) is 46.5. The Labute approximate surface area is 374 Å². The molecule has 1 saturated carbocycles. The number of aliphatic hydroxyl groups is 1. The highest BCUT2D eigenvalue weighted by Gasteiger charge is 2.47. The summed E-state index contributed by atoms with van der Waals surface area (Å²) in [5.74, 6) is 4.30. The zero-order chi connectivity index (χ0) is 45.4. The molecule has 11 nitrogen and oxygen atoms in total. The highest BCUT2D eigenvalue weighted by Crippen LogP contribution is 2.47. The monoisotopic (exact) mass is 881 g/mol. The van der Waals surface area contributed by atoms with E-state index in [9.17, 15) is 9.90 Å². The molecule has 1 aromatic heterocycles. The summed E-state index contributed by atoms with van der Waals surface area (Å²) in [7, 11) is 1.46. The fourth-order valence-corrected chi connectivity index (χ4v) is 15.6. The number of hydrogen-bond donors (Lipinski definition) is 1. The number of hydrogen-bond acceptors (Lipinski definition) is 10. The Morgan fingerprint density at radius 3 is 2.27 bits per heavy atom. The van der Waals surface area contributed by atoms with Gasteiger partial charge in [-0.2, -0.15) is 9.97 Å². The predicted molar refractivity (Wildman–Crippen MR) is 252 cm³/mol. The zero-order valence-corrected chi connectivity index (χ0v) is 40.3. The summed E-state index contributed by atoms with van der Waals surface area (Å²) in [5.41, 5.74) is 6.53. The maximum Gasteiger partial charge on any atom is 0.410 e. The van der Waals surface area contributed by atoms with E-state index in [1.165, 1.54) is 0 Å². The van der Waals surface area contributed by atoms with E-state index in [-0.39, 0.29) is 48.5 Å². The van der Waals surface area contributed by atoms with Crippen LogP contribution in [0.25, 0.3) is 32.8 Å². The second kappa shape index (κ2) is 18.6. The molecule has 3 aliphatic rings. The van der Waals surface area contributed by atoms with Gasteiger partial charge in [0.15, 0.2) is 12.6 Å². The van der Waals surface area contributed by atoms with Crippen LogP contribution in [0.2, 0.25) is 16.6 Å². The van der Waals surface area contributed by atoms with Crippen molar-refractivity contribution in [3.8, 4) is 34.4 Å². The summed E-state index contributed by atoms with van der Waals surface area (Å²) < 4.78 is 41.5. The van der Waals surface area contributed by atoms with Crippen LogP contribution in [-0.4, -0.2) is 117 Å². The van der Waals surface area contributed by atoms with Crippen LogP contribution in [0.1, 0.15) is 93.6 Å². The molecule has 1 amide bonds. The van der Waals surface area contributed by atoms with E-state index >= 15 is 4.39 Å². The molecule has 340 valence electrons. The van der Waals surface area contributed by atoms with Gasteiger partial charge in [-0.1, -0.05) is 65.7 Å². The molecular weight excluding hydrogens is 814 g/mol. The minimum absolute atomic E-state index is 0.0354. The number of carbonyl (C=O) groups excluding carboxylic acids is 1. The summed E-state index contributed by atoms with van der Waals surface area (Å²) in [6.07, 6.45) is 3.33. The van der Waals surface area contributed by atoms with Gasteiger partial charge in [-0.25, -0.2) is 9.18 Å². The number of piperazine rings is 1. The molecule has 2 unspecified atom stereocenters. The van der Waals surface area contributed by atoms with E-state index in [2.05, 4.69) is 62.8 Å². The smallest absolute Gasteiger partial charge is 0.410 e. The maximum absolute atomic E-state index is 17.9. The number of benzene rings is 3. The van der Waals surface area contributed by atoms with Crippen molar-refractivity contribution in [3.05, 3.63) is 53.8 Å². The first-order chi connectivity index (χ1) is 29.9. The average molecular weight is 882 g/mol. The molecule has 3 aromatic carbocycles. The third kappa shape index (κ3) is 9.65. The standard InChI is InChI=1S/C50H68FN5O6Si/c1-32(2)63(33(3)4,34(5)6)24-19-35-13-12-14-36-25-39(61-31-59-11)26-42(43(35)36)40-17-18-41-45(44(40)51)52-47(60-30-50(20-21-50)29-54(10)22-23-57)53-46(41)55-27-37-15-16-38(28-55)56(37)48(58)62-49(7,8)9/h12-14,17-18,25-26,32-34,37-38,57H,15-16,20-23,27-31H2,1-11H3. The molecule has 1 N–H and O–H groups in total. The molecule has 13 heteroatoms. The van der Waals surface area contributed by atoms with Crippen molar-refractivity contribution in [1.82, 2.24) is 19.8 Å². The second-order valence-corrected chi connectivity index (χ2v) is 25.7. The fourth-order valence-electron chi connectivity index (χ4n) is 10.4. The van der Waals surface area contributed by atoms with Crippen molar-refractivity contribution in [2.75, 3.05) is 65.2 Å². The van der Waals surface area contributed by atoms with E-state index in [1.54, 1.807) is 7.11 Å². The molecule has 2 saturated heterocycles. The van der Waals surface area contributed by atoms with Crippen molar-refractivity contribution >= 4 is 41.7 Å². The van der Waals surface area contributed by atoms with Crippen LogP contribution in [0, 0.1) is 22.7 Å². The van der Waals surface area contributed by atoms with Crippen LogP contribution in [-0.2, 0) is 9.47 Å². The number of methoxy groups -OCH3 is 1. The Hall–Kier alpha value is -4.48. The molecule has 3 heterocycles. The molecule has 2 aliphatic heterocycles. The van der Waals surface area contributed by atoms with Crippen LogP contribution in [0.4, 0.5) is 15.0 Å². The molecule has 1 aliphatic carbocycles. The van der Waals surface area contributed by atoms with Gasteiger partial charge in [0.25, 0.3) is 0 Å². The number of amides is 1. The molecule has 0 spiro atoms. The zero-order valence-electron chi connectivity index (χ0n) is 39.3. The Bertz CT molecular complexity index is 2330. The first-order valence-corrected chi connectivity index (χ1v) is 25.0. The third-order valence-electron chi connectivity index (χ3n) is 13.6. The lowest BCUT2D eigenvalue weighted by molar-refractivity contribution is 0.0122. The minimum Gasteiger partial charge on any atom is -0.468 e. The molecule has 7 rings (SSSR count). The number of fused-ring (bicyclic) bond motifs is 4. The highest BCUT2D eigenvalue weighted by molar-refractivity contribution is 6.90. The van der Waals surface area contributed by atoms with Gasteiger partial charge in [0, 0.05) is 60.6 Å². The van der Waals surface area contributed by atoms with Gasteiger partial charge in [0.1, 0.15) is 30.8 Å². The number of aliphatic hydroxyl groups excluding tert-OH is 1. The number of ether oxygens (including phenoxy) is 4. The lowest BCUT2D eigenvalue weighted by Crippen LogP contribution is -2.57. The van der Waals surface area contributed by atoms with Crippen LogP contribution >= 0.6 is 0 Å².